The van der Waals surface area contributed by atoms with Gasteiger partial charge in [-0.25, -0.2) is 0 Å². The van der Waals surface area contributed by atoms with Crippen LogP contribution in [0.2, 0.25) is 0 Å². The van der Waals surface area contributed by atoms with Gasteiger partial charge in [-0.2, -0.15) is 0 Å². The Bertz CT molecular complexity index is 203. The van der Waals surface area contributed by atoms with E-state index in [-0.39, 0.29) is 5.41 Å². The summed E-state index contributed by atoms with van der Waals surface area (Å²) in [4.78, 5) is 0. The van der Waals surface area contributed by atoms with Crippen molar-refractivity contribution in [2.75, 3.05) is 0 Å². The van der Waals surface area contributed by atoms with Crippen LogP contribution >= 0.6 is 0 Å². The van der Waals surface area contributed by atoms with Crippen LogP contribution in [-0.2, 0) is 0 Å². The molecular formula is C11H18O3. The number of rotatable bonds is 0. The SMILES string of the molecule is CC12CC3(O)CC(O)(C1)CC(O)(C2)C3. The van der Waals surface area contributed by atoms with E-state index in [0.717, 1.165) is 19.3 Å². The van der Waals surface area contributed by atoms with Gasteiger partial charge in [-0.1, -0.05) is 6.92 Å². The third-order valence-electron chi connectivity index (χ3n) is 4.24. The van der Waals surface area contributed by atoms with Gasteiger partial charge < -0.3 is 15.3 Å². The van der Waals surface area contributed by atoms with Gasteiger partial charge in [-0.05, 0) is 24.7 Å². The zero-order chi connectivity index (χ0) is 10.2. The van der Waals surface area contributed by atoms with Crippen molar-refractivity contribution in [1.29, 1.82) is 0 Å². The second kappa shape index (κ2) is 2.04. The maximum Gasteiger partial charge on any atom is 0.0707 e. The fourth-order valence-corrected chi connectivity index (χ4v) is 4.97. The Kier molecular flexibility index (Phi) is 1.33. The predicted octanol–water partition coefficient (Wildman–Crippen LogP) is 0.567. The highest BCUT2D eigenvalue weighted by Gasteiger charge is 2.66. The lowest BCUT2D eigenvalue weighted by molar-refractivity contribution is -0.276. The summed E-state index contributed by atoms with van der Waals surface area (Å²) in [6.07, 6.45) is 3.59. The van der Waals surface area contributed by atoms with Crippen molar-refractivity contribution < 1.29 is 15.3 Å². The maximum absolute atomic E-state index is 10.3. The highest BCUT2D eigenvalue weighted by molar-refractivity contribution is 5.18. The second-order valence-electron chi connectivity index (χ2n) is 6.54. The summed E-state index contributed by atoms with van der Waals surface area (Å²) in [6, 6.07) is 0. The van der Waals surface area contributed by atoms with Crippen LogP contribution in [0, 0.1) is 5.41 Å². The van der Waals surface area contributed by atoms with Gasteiger partial charge in [0.05, 0.1) is 16.8 Å². The summed E-state index contributed by atoms with van der Waals surface area (Å²) in [7, 11) is 0. The lowest BCUT2D eigenvalue weighted by Gasteiger charge is -2.65. The maximum atomic E-state index is 10.3. The molecule has 4 bridgehead atoms. The minimum Gasteiger partial charge on any atom is -0.390 e. The van der Waals surface area contributed by atoms with Gasteiger partial charge in [0.25, 0.3) is 0 Å². The fourth-order valence-electron chi connectivity index (χ4n) is 4.97. The van der Waals surface area contributed by atoms with Gasteiger partial charge in [-0.15, -0.1) is 0 Å². The molecule has 0 atom stereocenters. The highest BCUT2D eigenvalue weighted by Crippen LogP contribution is 2.64. The quantitative estimate of drug-likeness (QED) is 0.533. The molecule has 0 amide bonds. The van der Waals surface area contributed by atoms with Gasteiger partial charge in [0.1, 0.15) is 0 Å². The molecule has 4 aliphatic rings. The molecule has 0 radical (unpaired) electrons. The van der Waals surface area contributed by atoms with E-state index < -0.39 is 16.8 Å². The summed E-state index contributed by atoms with van der Waals surface area (Å²) < 4.78 is 0. The van der Waals surface area contributed by atoms with E-state index in [0.29, 0.717) is 19.3 Å². The number of aliphatic hydroxyl groups is 3. The van der Waals surface area contributed by atoms with E-state index in [1.807, 2.05) is 0 Å². The Morgan fingerprint density at radius 1 is 0.643 bits per heavy atom. The monoisotopic (exact) mass is 198 g/mol. The minimum absolute atomic E-state index is 0.0625. The standard InChI is InChI=1S/C11H18O3/c1-8-2-9(12)5-10(13,3-8)7-11(14,4-8)6-9/h12-14H,2-7H2,1H3. The average Bonchev–Trinajstić information content (AvgIpc) is 1.67. The largest absolute Gasteiger partial charge is 0.390 e. The van der Waals surface area contributed by atoms with Crippen molar-refractivity contribution >= 4 is 0 Å². The van der Waals surface area contributed by atoms with Crippen molar-refractivity contribution in [3.8, 4) is 0 Å². The molecule has 4 fully saturated rings. The van der Waals surface area contributed by atoms with Crippen LogP contribution in [0.15, 0.2) is 0 Å². The normalized spacial score (nSPS) is 66.0. The van der Waals surface area contributed by atoms with E-state index in [1.54, 1.807) is 0 Å². The first kappa shape index (κ1) is 9.13. The zero-order valence-corrected chi connectivity index (χ0v) is 8.58. The number of hydrogen-bond donors (Lipinski definition) is 3. The molecule has 0 saturated heterocycles. The fraction of sp³-hybridized carbons (Fsp3) is 1.00. The molecule has 4 saturated carbocycles. The van der Waals surface area contributed by atoms with E-state index in [9.17, 15) is 15.3 Å². The van der Waals surface area contributed by atoms with Crippen molar-refractivity contribution in [1.82, 2.24) is 0 Å². The number of hydrogen-bond acceptors (Lipinski definition) is 3. The summed E-state index contributed by atoms with van der Waals surface area (Å²) in [6.45, 7) is 2.07. The van der Waals surface area contributed by atoms with Crippen LogP contribution in [0.4, 0.5) is 0 Å². The van der Waals surface area contributed by atoms with Crippen molar-refractivity contribution in [3.05, 3.63) is 0 Å². The summed E-state index contributed by atoms with van der Waals surface area (Å²) in [5, 5.41) is 30.8. The Labute approximate surface area is 83.8 Å². The van der Waals surface area contributed by atoms with Crippen LogP contribution < -0.4 is 0 Å². The molecule has 0 heterocycles. The molecule has 4 aliphatic carbocycles. The Morgan fingerprint density at radius 2 is 0.929 bits per heavy atom. The highest BCUT2D eigenvalue weighted by atomic mass is 16.3. The molecular weight excluding hydrogens is 180 g/mol. The second-order valence-corrected chi connectivity index (χ2v) is 6.54. The average molecular weight is 198 g/mol. The molecule has 14 heavy (non-hydrogen) atoms. The molecule has 3 N–H and O–H groups in total. The molecule has 0 spiro atoms. The Balaban J connectivity index is 2.08. The molecule has 80 valence electrons. The summed E-state index contributed by atoms with van der Waals surface area (Å²) >= 11 is 0. The van der Waals surface area contributed by atoms with Gasteiger partial charge in [0.15, 0.2) is 0 Å². The molecule has 0 aliphatic heterocycles. The van der Waals surface area contributed by atoms with Crippen LogP contribution in [0.3, 0.4) is 0 Å². The van der Waals surface area contributed by atoms with Crippen molar-refractivity contribution in [2.45, 2.75) is 62.3 Å². The smallest absolute Gasteiger partial charge is 0.0707 e. The first-order chi connectivity index (χ1) is 6.24. The molecule has 0 unspecified atom stereocenters. The zero-order valence-electron chi connectivity index (χ0n) is 8.58. The summed E-state index contributed by atoms with van der Waals surface area (Å²) in [5.41, 5.74) is -2.50. The van der Waals surface area contributed by atoms with E-state index >= 15 is 0 Å². The van der Waals surface area contributed by atoms with E-state index in [2.05, 4.69) is 6.92 Å². The first-order valence-electron chi connectivity index (χ1n) is 5.41. The predicted molar refractivity (Wildman–Crippen MR) is 50.7 cm³/mol. The summed E-state index contributed by atoms with van der Waals surface area (Å²) in [5.74, 6) is 0. The van der Waals surface area contributed by atoms with E-state index in [4.69, 9.17) is 0 Å². The van der Waals surface area contributed by atoms with Gasteiger partial charge in [0.2, 0.25) is 0 Å². The lowest BCUT2D eigenvalue weighted by atomic mass is 9.45. The lowest BCUT2D eigenvalue weighted by Crippen LogP contribution is -2.68. The molecule has 0 aromatic heterocycles. The molecule has 0 aromatic carbocycles. The Hall–Kier alpha value is -0.120. The van der Waals surface area contributed by atoms with Gasteiger partial charge >= 0.3 is 0 Å². The van der Waals surface area contributed by atoms with Crippen molar-refractivity contribution in [2.24, 2.45) is 5.41 Å². The van der Waals surface area contributed by atoms with Crippen LogP contribution in [0.1, 0.15) is 45.4 Å². The first-order valence-corrected chi connectivity index (χ1v) is 5.41. The molecule has 3 heteroatoms. The Morgan fingerprint density at radius 3 is 1.14 bits per heavy atom. The van der Waals surface area contributed by atoms with Crippen molar-refractivity contribution in [3.63, 3.8) is 0 Å². The topological polar surface area (TPSA) is 60.7 Å². The molecule has 4 rings (SSSR count). The third-order valence-corrected chi connectivity index (χ3v) is 4.24. The van der Waals surface area contributed by atoms with Crippen LogP contribution in [0.5, 0.6) is 0 Å². The minimum atomic E-state index is -0.812. The molecule has 3 nitrogen and oxygen atoms in total. The van der Waals surface area contributed by atoms with Gasteiger partial charge in [0, 0.05) is 19.3 Å². The molecule has 0 aromatic rings. The van der Waals surface area contributed by atoms with Gasteiger partial charge in [-0.3, -0.25) is 0 Å². The van der Waals surface area contributed by atoms with E-state index in [1.165, 1.54) is 0 Å². The van der Waals surface area contributed by atoms with Crippen LogP contribution in [0.25, 0.3) is 0 Å². The third kappa shape index (κ3) is 1.09. The van der Waals surface area contributed by atoms with Crippen LogP contribution in [-0.4, -0.2) is 32.1 Å².